The Balaban J connectivity index is 2.09. The molecule has 0 aliphatic carbocycles. The number of para-hydroxylation sites is 1. The Bertz CT molecular complexity index is 905. The molecule has 106 valence electrons. The molecule has 0 saturated carbocycles. The summed E-state index contributed by atoms with van der Waals surface area (Å²) in [6, 6.07) is 13.7. The third kappa shape index (κ3) is 2.71. The number of halogens is 1. The molecule has 0 fully saturated rings. The quantitative estimate of drug-likeness (QED) is 0.808. The number of benzene rings is 2. The number of anilines is 1. The Kier molecular flexibility index (Phi) is 3.31. The number of nitrogens with zero attached hydrogens (tertiary/aromatic N) is 1. The zero-order chi connectivity index (χ0) is 14.9. The number of hydrogen-bond acceptors (Lipinski definition) is 3. The van der Waals surface area contributed by atoms with E-state index in [1.165, 1.54) is 30.5 Å². The number of sulfonamides is 1. The van der Waals surface area contributed by atoms with E-state index in [4.69, 9.17) is 0 Å². The van der Waals surface area contributed by atoms with Crippen LogP contribution < -0.4 is 4.72 Å². The number of fused-ring (bicyclic) bond motifs is 1. The maximum absolute atomic E-state index is 13.2. The molecule has 2 aromatic carbocycles. The van der Waals surface area contributed by atoms with Crippen molar-refractivity contribution < 1.29 is 12.8 Å². The first kappa shape index (κ1) is 13.5. The fraction of sp³-hybridized carbons (Fsp3) is 0. The fourth-order valence-electron chi connectivity index (χ4n) is 2.06. The Hall–Kier alpha value is -2.47. The summed E-state index contributed by atoms with van der Waals surface area (Å²) in [5, 5.41) is 0.722. The third-order valence-electron chi connectivity index (χ3n) is 2.96. The van der Waals surface area contributed by atoms with Crippen LogP contribution in [0.4, 0.5) is 10.1 Å². The summed E-state index contributed by atoms with van der Waals surface area (Å²) in [5.74, 6) is -0.508. The smallest absolute Gasteiger partial charge is 0.264 e. The lowest BCUT2D eigenvalue weighted by Gasteiger charge is -2.10. The number of aromatic nitrogens is 1. The van der Waals surface area contributed by atoms with E-state index >= 15 is 0 Å². The molecule has 0 atom stereocenters. The molecule has 0 unspecified atom stereocenters. The van der Waals surface area contributed by atoms with Crippen molar-refractivity contribution in [3.8, 4) is 0 Å². The van der Waals surface area contributed by atoms with Gasteiger partial charge < -0.3 is 0 Å². The highest BCUT2D eigenvalue weighted by Gasteiger charge is 2.18. The molecule has 1 aromatic heterocycles. The normalized spacial score (nSPS) is 11.5. The van der Waals surface area contributed by atoms with Crippen molar-refractivity contribution >= 4 is 26.6 Å². The van der Waals surface area contributed by atoms with Crippen molar-refractivity contribution in [1.29, 1.82) is 0 Å². The van der Waals surface area contributed by atoms with Crippen LogP contribution in [-0.2, 0) is 10.0 Å². The predicted molar refractivity (Wildman–Crippen MR) is 79.0 cm³/mol. The topological polar surface area (TPSA) is 59.1 Å². The second kappa shape index (κ2) is 5.14. The molecule has 0 radical (unpaired) electrons. The van der Waals surface area contributed by atoms with Gasteiger partial charge in [-0.05, 0) is 30.3 Å². The molecule has 3 rings (SSSR count). The van der Waals surface area contributed by atoms with E-state index < -0.39 is 15.8 Å². The average Bonchev–Trinajstić information content (AvgIpc) is 2.46. The highest BCUT2D eigenvalue weighted by Crippen LogP contribution is 2.23. The Labute approximate surface area is 121 Å². The van der Waals surface area contributed by atoms with E-state index in [0.717, 1.165) is 11.5 Å². The maximum atomic E-state index is 13.2. The van der Waals surface area contributed by atoms with E-state index in [-0.39, 0.29) is 10.6 Å². The molecule has 1 N–H and O–H groups in total. The third-order valence-corrected chi connectivity index (χ3v) is 4.37. The van der Waals surface area contributed by atoms with E-state index in [2.05, 4.69) is 9.71 Å². The molecular formula is C15H11FN2O2S. The monoisotopic (exact) mass is 302 g/mol. The maximum Gasteiger partial charge on any atom is 0.264 e. The van der Waals surface area contributed by atoms with Crippen molar-refractivity contribution in [2.75, 3.05) is 4.72 Å². The molecule has 0 aliphatic rings. The standard InChI is InChI=1S/C15H11FN2O2S/c16-12-6-2-7-13(10-12)18-21(19,20)14-8-1-4-11-5-3-9-17-15(11)14/h1-10,18H. The Morgan fingerprint density at radius 1 is 1.00 bits per heavy atom. The zero-order valence-corrected chi connectivity index (χ0v) is 11.6. The highest BCUT2D eigenvalue weighted by molar-refractivity contribution is 7.93. The van der Waals surface area contributed by atoms with Crippen molar-refractivity contribution in [1.82, 2.24) is 4.98 Å². The van der Waals surface area contributed by atoms with Gasteiger partial charge in [-0.1, -0.05) is 24.3 Å². The molecule has 21 heavy (non-hydrogen) atoms. The summed E-state index contributed by atoms with van der Waals surface area (Å²) in [7, 11) is -3.84. The minimum Gasteiger partial charge on any atom is -0.279 e. The number of rotatable bonds is 3. The molecule has 0 saturated heterocycles. The van der Waals surface area contributed by atoms with Crippen LogP contribution in [0.15, 0.2) is 65.7 Å². The second-order valence-corrected chi connectivity index (χ2v) is 6.10. The van der Waals surface area contributed by atoms with Crippen LogP contribution in [0.25, 0.3) is 10.9 Å². The van der Waals surface area contributed by atoms with Crippen molar-refractivity contribution in [2.45, 2.75) is 4.90 Å². The lowest BCUT2D eigenvalue weighted by atomic mass is 10.2. The van der Waals surface area contributed by atoms with Crippen molar-refractivity contribution in [2.24, 2.45) is 0 Å². The van der Waals surface area contributed by atoms with Gasteiger partial charge in [-0.3, -0.25) is 9.71 Å². The number of pyridine rings is 1. The Morgan fingerprint density at radius 2 is 1.76 bits per heavy atom. The van der Waals surface area contributed by atoms with Gasteiger partial charge in [-0.2, -0.15) is 0 Å². The van der Waals surface area contributed by atoms with Gasteiger partial charge in [0.25, 0.3) is 10.0 Å². The average molecular weight is 302 g/mol. The highest BCUT2D eigenvalue weighted by atomic mass is 32.2. The van der Waals surface area contributed by atoms with Gasteiger partial charge in [0.2, 0.25) is 0 Å². The fourth-order valence-corrected chi connectivity index (χ4v) is 3.29. The first-order valence-electron chi connectivity index (χ1n) is 6.18. The summed E-state index contributed by atoms with van der Waals surface area (Å²) in [6.45, 7) is 0. The van der Waals surface area contributed by atoms with Gasteiger partial charge in [-0.15, -0.1) is 0 Å². The first-order valence-corrected chi connectivity index (χ1v) is 7.67. The van der Waals surface area contributed by atoms with Gasteiger partial charge in [0.1, 0.15) is 10.7 Å². The lowest BCUT2D eigenvalue weighted by molar-refractivity contribution is 0.601. The van der Waals surface area contributed by atoms with Gasteiger partial charge in [0.05, 0.1) is 11.2 Å². The van der Waals surface area contributed by atoms with Crippen LogP contribution in [0.1, 0.15) is 0 Å². The summed E-state index contributed by atoms with van der Waals surface area (Å²) in [6.07, 6.45) is 1.53. The van der Waals surface area contributed by atoms with E-state index in [9.17, 15) is 12.8 Å². The summed E-state index contributed by atoms with van der Waals surface area (Å²) >= 11 is 0. The van der Waals surface area contributed by atoms with Gasteiger partial charge >= 0.3 is 0 Å². The summed E-state index contributed by atoms with van der Waals surface area (Å²) in [5.41, 5.74) is 0.548. The van der Waals surface area contributed by atoms with E-state index in [0.29, 0.717) is 5.52 Å². The minimum atomic E-state index is -3.84. The van der Waals surface area contributed by atoms with Crippen LogP contribution in [0.2, 0.25) is 0 Å². The van der Waals surface area contributed by atoms with Crippen LogP contribution >= 0.6 is 0 Å². The van der Waals surface area contributed by atoms with Gasteiger partial charge in [-0.25, -0.2) is 12.8 Å². The van der Waals surface area contributed by atoms with Crippen LogP contribution in [0.5, 0.6) is 0 Å². The molecule has 0 amide bonds. The van der Waals surface area contributed by atoms with Gasteiger partial charge in [0, 0.05) is 11.6 Å². The lowest BCUT2D eigenvalue weighted by Crippen LogP contribution is -2.13. The van der Waals surface area contributed by atoms with E-state index in [1.54, 1.807) is 24.3 Å². The molecule has 0 spiro atoms. The Morgan fingerprint density at radius 3 is 2.57 bits per heavy atom. The predicted octanol–water partition coefficient (Wildman–Crippen LogP) is 3.17. The molecule has 1 heterocycles. The molecule has 4 nitrogen and oxygen atoms in total. The van der Waals surface area contributed by atoms with Crippen LogP contribution in [0.3, 0.4) is 0 Å². The molecule has 3 aromatic rings. The largest absolute Gasteiger partial charge is 0.279 e. The SMILES string of the molecule is O=S(=O)(Nc1cccc(F)c1)c1cccc2cccnc12. The second-order valence-electron chi connectivity index (χ2n) is 4.45. The molecule has 6 heteroatoms. The molecule has 0 bridgehead atoms. The zero-order valence-electron chi connectivity index (χ0n) is 10.8. The van der Waals surface area contributed by atoms with Gasteiger partial charge in [0.15, 0.2) is 0 Å². The summed E-state index contributed by atoms with van der Waals surface area (Å²) in [4.78, 5) is 4.17. The summed E-state index contributed by atoms with van der Waals surface area (Å²) < 4.78 is 40.4. The van der Waals surface area contributed by atoms with Crippen molar-refractivity contribution in [3.63, 3.8) is 0 Å². The van der Waals surface area contributed by atoms with Crippen LogP contribution in [-0.4, -0.2) is 13.4 Å². The van der Waals surface area contributed by atoms with E-state index in [1.807, 2.05) is 0 Å². The van der Waals surface area contributed by atoms with Crippen LogP contribution in [0, 0.1) is 5.82 Å². The number of hydrogen-bond donors (Lipinski definition) is 1. The first-order chi connectivity index (χ1) is 10.1. The minimum absolute atomic E-state index is 0.0601. The van der Waals surface area contributed by atoms with Crippen molar-refractivity contribution in [3.05, 3.63) is 66.6 Å². The molecular weight excluding hydrogens is 291 g/mol. The molecule has 0 aliphatic heterocycles. The number of nitrogens with one attached hydrogen (secondary N) is 1.